The van der Waals surface area contributed by atoms with Crippen LogP contribution in [0.15, 0.2) is 0 Å². The van der Waals surface area contributed by atoms with Gasteiger partial charge in [0.2, 0.25) is 0 Å². The van der Waals surface area contributed by atoms with Crippen LogP contribution in [-0.4, -0.2) is 28.5 Å². The Morgan fingerprint density at radius 1 is 1.17 bits per heavy atom. The maximum Gasteiger partial charge on any atom is 0.400 e. The van der Waals surface area contributed by atoms with E-state index in [0.717, 1.165) is 12.8 Å². The fourth-order valence-corrected chi connectivity index (χ4v) is 1.96. The Labute approximate surface area is 109 Å². The highest BCUT2D eigenvalue weighted by molar-refractivity contribution is 8.13. The van der Waals surface area contributed by atoms with E-state index in [4.69, 9.17) is 0 Å². The molecule has 18 heavy (non-hydrogen) atoms. The quantitative estimate of drug-likeness (QED) is 0.364. The Morgan fingerprint density at radius 2 is 1.78 bits per heavy atom. The van der Waals surface area contributed by atoms with Crippen molar-refractivity contribution in [3.8, 4) is 0 Å². The van der Waals surface area contributed by atoms with E-state index in [1.54, 1.807) is 6.92 Å². The van der Waals surface area contributed by atoms with Crippen molar-refractivity contribution < 1.29 is 22.4 Å². The van der Waals surface area contributed by atoms with E-state index in [-0.39, 0.29) is 17.2 Å². The van der Waals surface area contributed by atoms with Gasteiger partial charge in [-0.25, -0.2) is 0 Å². The predicted octanol–water partition coefficient (Wildman–Crippen LogP) is 4.76. The van der Waals surface area contributed by atoms with Gasteiger partial charge in [0.25, 0.3) is 5.24 Å². The Morgan fingerprint density at radius 3 is 2.22 bits per heavy atom. The Bertz CT molecular complexity index is 251. The molecule has 0 saturated heterocycles. The normalized spacial score (nSPS) is 11.9. The molecule has 0 heterocycles. The molecule has 0 aliphatic carbocycles. The average Bonchev–Trinajstić information content (AvgIpc) is 2.28. The topological polar surface area (TPSA) is 20.3 Å². The molecule has 107 valence electrons. The molecule has 0 saturated carbocycles. The average molecular weight is 288 g/mol. The zero-order valence-electron chi connectivity index (χ0n) is 10.5. The summed E-state index contributed by atoms with van der Waals surface area (Å²) in [6.07, 6.45) is -0.370. The molecule has 0 aromatic rings. The van der Waals surface area contributed by atoms with Gasteiger partial charge < -0.3 is 0 Å². The minimum absolute atomic E-state index is 0.0356. The van der Waals surface area contributed by atoms with E-state index >= 15 is 0 Å². The SMILES string of the molecule is CCCCCCN(C(=O)SCC)C(F)(F)[C](F)F. The highest BCUT2D eigenvalue weighted by Gasteiger charge is 2.51. The monoisotopic (exact) mass is 288 g/mol. The number of rotatable bonds is 8. The zero-order valence-corrected chi connectivity index (χ0v) is 11.3. The Balaban J connectivity index is 4.57. The molecule has 0 atom stereocenters. The highest BCUT2D eigenvalue weighted by atomic mass is 32.2. The van der Waals surface area contributed by atoms with Gasteiger partial charge in [-0.3, -0.25) is 9.69 Å². The van der Waals surface area contributed by atoms with Gasteiger partial charge >= 0.3 is 12.5 Å². The first-order valence-electron chi connectivity index (χ1n) is 5.88. The van der Waals surface area contributed by atoms with Crippen molar-refractivity contribution in [2.24, 2.45) is 0 Å². The van der Waals surface area contributed by atoms with Crippen LogP contribution in [0.3, 0.4) is 0 Å². The molecule has 0 aliphatic heterocycles. The lowest BCUT2D eigenvalue weighted by atomic mass is 10.2. The van der Waals surface area contributed by atoms with Crippen molar-refractivity contribution in [1.82, 2.24) is 4.90 Å². The second kappa shape index (κ2) is 8.61. The van der Waals surface area contributed by atoms with Crippen molar-refractivity contribution in [1.29, 1.82) is 0 Å². The number of hydrogen-bond acceptors (Lipinski definition) is 2. The molecule has 0 unspecified atom stereocenters. The number of hydrogen-bond donors (Lipinski definition) is 0. The lowest BCUT2D eigenvalue weighted by Gasteiger charge is -2.29. The van der Waals surface area contributed by atoms with Crippen LogP contribution in [0.4, 0.5) is 22.4 Å². The molecule has 0 bridgehead atoms. The first-order valence-corrected chi connectivity index (χ1v) is 6.87. The molecular formula is C11H18F4NOS. The van der Waals surface area contributed by atoms with E-state index in [0.29, 0.717) is 24.6 Å². The number of alkyl halides is 2. The molecule has 0 spiro atoms. The van der Waals surface area contributed by atoms with Crippen molar-refractivity contribution in [2.75, 3.05) is 12.3 Å². The largest absolute Gasteiger partial charge is 0.400 e. The maximum atomic E-state index is 13.2. The van der Waals surface area contributed by atoms with Crippen LogP contribution < -0.4 is 0 Å². The van der Waals surface area contributed by atoms with Gasteiger partial charge in [0, 0.05) is 6.54 Å². The third-order valence-corrected chi connectivity index (χ3v) is 3.05. The van der Waals surface area contributed by atoms with Crippen LogP contribution in [0.2, 0.25) is 0 Å². The van der Waals surface area contributed by atoms with Gasteiger partial charge in [-0.05, 0) is 12.2 Å². The third-order valence-electron chi connectivity index (χ3n) is 2.29. The molecule has 0 aliphatic rings. The van der Waals surface area contributed by atoms with Gasteiger partial charge in [0.15, 0.2) is 0 Å². The number of carbonyl (C=O) groups is 1. The van der Waals surface area contributed by atoms with Crippen LogP contribution in [0, 0.1) is 6.43 Å². The smallest absolute Gasteiger partial charge is 0.269 e. The summed E-state index contributed by atoms with van der Waals surface area (Å²) < 4.78 is 50.8. The van der Waals surface area contributed by atoms with Gasteiger partial charge in [-0.15, -0.1) is 0 Å². The standard InChI is InChI=1S/C11H18F4NOS/c1-3-5-6-7-8-16(10(17)18-4-2)11(14,15)9(12)13/h3-8H2,1-2H3. The molecule has 2 nitrogen and oxygen atoms in total. The van der Waals surface area contributed by atoms with Gasteiger partial charge in [-0.1, -0.05) is 44.9 Å². The van der Waals surface area contributed by atoms with Crippen LogP contribution in [0.5, 0.6) is 0 Å². The Kier molecular flexibility index (Phi) is 8.39. The fraction of sp³-hybridized carbons (Fsp3) is 0.818. The summed E-state index contributed by atoms with van der Waals surface area (Å²) in [7, 11) is 0. The molecule has 0 aromatic carbocycles. The van der Waals surface area contributed by atoms with E-state index in [9.17, 15) is 22.4 Å². The number of halogens is 4. The molecule has 1 radical (unpaired) electrons. The first kappa shape index (κ1) is 17.5. The molecule has 1 amide bonds. The fourth-order valence-electron chi connectivity index (χ4n) is 1.35. The second-order valence-electron chi connectivity index (χ2n) is 3.71. The van der Waals surface area contributed by atoms with E-state index in [2.05, 4.69) is 0 Å². The van der Waals surface area contributed by atoms with Crippen LogP contribution in [-0.2, 0) is 0 Å². The highest BCUT2D eigenvalue weighted by Crippen LogP contribution is 2.35. The van der Waals surface area contributed by atoms with Gasteiger partial charge in [0.05, 0.1) is 0 Å². The summed E-state index contributed by atoms with van der Waals surface area (Å²) in [6.45, 7) is 3.20. The number of nitrogens with zero attached hydrogens (tertiary/aromatic N) is 1. The molecule has 0 aromatic heterocycles. The lowest BCUT2D eigenvalue weighted by Crippen LogP contribution is -2.46. The van der Waals surface area contributed by atoms with Gasteiger partial charge in [-0.2, -0.15) is 17.6 Å². The molecule has 0 N–H and O–H groups in total. The minimum Gasteiger partial charge on any atom is -0.269 e. The lowest BCUT2D eigenvalue weighted by molar-refractivity contribution is -0.152. The zero-order chi connectivity index (χ0) is 14.2. The van der Waals surface area contributed by atoms with Gasteiger partial charge in [0.1, 0.15) is 0 Å². The maximum absolute atomic E-state index is 13.2. The number of unbranched alkanes of at least 4 members (excludes halogenated alkanes) is 3. The van der Waals surface area contributed by atoms with Crippen LogP contribution in [0.1, 0.15) is 39.5 Å². The summed E-state index contributed by atoms with van der Waals surface area (Å²) in [5.41, 5.74) is 0. The number of thioether (sulfide) groups is 1. The van der Waals surface area contributed by atoms with E-state index < -0.39 is 17.7 Å². The van der Waals surface area contributed by atoms with E-state index in [1.807, 2.05) is 6.92 Å². The summed E-state index contributed by atoms with van der Waals surface area (Å²) in [4.78, 5) is 11.4. The van der Waals surface area contributed by atoms with Crippen LogP contribution in [0.25, 0.3) is 0 Å². The van der Waals surface area contributed by atoms with Crippen molar-refractivity contribution >= 4 is 17.0 Å². The van der Waals surface area contributed by atoms with Crippen molar-refractivity contribution in [3.63, 3.8) is 0 Å². The number of amides is 1. The first-order chi connectivity index (χ1) is 8.37. The molecule has 7 heteroatoms. The minimum atomic E-state index is -4.47. The molecule has 0 fully saturated rings. The summed E-state index contributed by atoms with van der Waals surface area (Å²) in [5.74, 6) is 0.272. The molecule has 0 rings (SSSR count). The summed E-state index contributed by atoms with van der Waals surface area (Å²) in [6, 6.07) is -4.47. The third kappa shape index (κ3) is 5.46. The second-order valence-corrected chi connectivity index (χ2v) is 4.93. The van der Waals surface area contributed by atoms with Crippen molar-refractivity contribution in [2.45, 2.75) is 45.6 Å². The predicted molar refractivity (Wildman–Crippen MR) is 64.8 cm³/mol. The Hall–Kier alpha value is -0.460. The van der Waals surface area contributed by atoms with Crippen molar-refractivity contribution in [3.05, 3.63) is 6.43 Å². The number of carbonyl (C=O) groups excluding carboxylic acids is 1. The van der Waals surface area contributed by atoms with E-state index in [1.165, 1.54) is 0 Å². The van der Waals surface area contributed by atoms with Crippen LogP contribution >= 0.6 is 11.8 Å². The summed E-state index contributed by atoms with van der Waals surface area (Å²) >= 11 is 0.608. The molecular weight excluding hydrogens is 270 g/mol. The summed E-state index contributed by atoms with van der Waals surface area (Å²) in [5, 5.41) is -1.01.